The van der Waals surface area contributed by atoms with Gasteiger partial charge in [0.15, 0.2) is 0 Å². The number of phenolic OH excluding ortho intramolecular Hbond substituents is 2. The molecular weight excluding hydrogens is 344 g/mol. The first-order chi connectivity index (χ1) is 13.2. The van der Waals surface area contributed by atoms with Crippen LogP contribution in [0.3, 0.4) is 0 Å². The van der Waals surface area contributed by atoms with E-state index in [1.54, 1.807) is 12.1 Å². The first-order valence-electron chi connectivity index (χ1n) is 9.97. The molecule has 0 bridgehead atoms. The molecule has 0 aliphatic rings. The predicted molar refractivity (Wildman–Crippen MR) is 118 cm³/mol. The van der Waals surface area contributed by atoms with Crippen LogP contribution >= 0.6 is 0 Å². The van der Waals surface area contributed by atoms with Crippen molar-refractivity contribution in [2.75, 3.05) is 0 Å². The minimum atomic E-state index is 0.322. The third kappa shape index (κ3) is 3.64. The van der Waals surface area contributed by atoms with Crippen LogP contribution in [0.5, 0.6) is 11.5 Å². The molecule has 0 spiro atoms. The largest absolute Gasteiger partial charge is 0.508 e. The van der Waals surface area contributed by atoms with Crippen LogP contribution in [0.15, 0.2) is 48.5 Å². The molecule has 146 valence electrons. The molecule has 0 amide bonds. The molecule has 0 unspecified atom stereocenters. The van der Waals surface area contributed by atoms with Crippen molar-refractivity contribution in [1.82, 2.24) is 0 Å². The molecule has 3 aromatic carbocycles. The van der Waals surface area contributed by atoms with Crippen LogP contribution < -0.4 is 0 Å². The smallest absolute Gasteiger partial charge is 0.118 e. The lowest BCUT2D eigenvalue weighted by atomic mass is 9.80. The van der Waals surface area contributed by atoms with Crippen molar-refractivity contribution in [3.05, 3.63) is 70.8 Å². The topological polar surface area (TPSA) is 40.5 Å². The van der Waals surface area contributed by atoms with E-state index in [0.29, 0.717) is 23.3 Å². The van der Waals surface area contributed by atoms with Crippen LogP contribution in [0, 0.1) is 13.8 Å². The molecule has 3 aromatic rings. The lowest BCUT2D eigenvalue weighted by molar-refractivity contribution is 0.471. The van der Waals surface area contributed by atoms with Gasteiger partial charge in [-0.1, -0.05) is 52.0 Å². The molecule has 2 heteroatoms. The zero-order valence-electron chi connectivity index (χ0n) is 17.7. The number of hydrogen-bond donors (Lipinski definition) is 2. The van der Waals surface area contributed by atoms with Crippen LogP contribution in [-0.4, -0.2) is 10.2 Å². The Labute approximate surface area is 168 Å². The summed E-state index contributed by atoms with van der Waals surface area (Å²) in [4.78, 5) is 0. The third-order valence-electron chi connectivity index (χ3n) is 5.47. The summed E-state index contributed by atoms with van der Waals surface area (Å²) in [5, 5.41) is 20.0. The van der Waals surface area contributed by atoms with Crippen LogP contribution in [0.25, 0.3) is 22.3 Å². The predicted octanol–water partition coefficient (Wildman–Crippen LogP) is 7.30. The van der Waals surface area contributed by atoms with Gasteiger partial charge in [0, 0.05) is 0 Å². The van der Waals surface area contributed by atoms with Gasteiger partial charge in [-0.05, 0) is 94.5 Å². The molecule has 2 nitrogen and oxygen atoms in total. The second-order valence-electron chi connectivity index (χ2n) is 8.30. The summed E-state index contributed by atoms with van der Waals surface area (Å²) < 4.78 is 0. The zero-order chi connectivity index (χ0) is 20.6. The average Bonchev–Trinajstić information content (AvgIpc) is 2.64. The Balaban J connectivity index is 2.37. The van der Waals surface area contributed by atoms with Crippen molar-refractivity contribution in [3.63, 3.8) is 0 Å². The monoisotopic (exact) mass is 374 g/mol. The first kappa shape index (κ1) is 20.0. The molecule has 0 atom stereocenters. The van der Waals surface area contributed by atoms with Gasteiger partial charge in [0.25, 0.3) is 0 Å². The van der Waals surface area contributed by atoms with E-state index in [-0.39, 0.29) is 0 Å². The Kier molecular flexibility index (Phi) is 5.51. The Morgan fingerprint density at radius 2 is 1.18 bits per heavy atom. The van der Waals surface area contributed by atoms with Gasteiger partial charge in [-0.15, -0.1) is 0 Å². The molecular formula is C26H30O2. The standard InChI is InChI=1S/C26H30O2/c1-15(2)21-9-10-22(19-7-11-23(27)17(5)13-19)25(16(3)4)26(21)20-8-12-24(28)18(6)14-20/h7-16,27-28H,1-6H3. The van der Waals surface area contributed by atoms with Gasteiger partial charge in [-0.2, -0.15) is 0 Å². The van der Waals surface area contributed by atoms with Crippen molar-refractivity contribution in [3.8, 4) is 33.8 Å². The maximum absolute atomic E-state index is 10.0. The van der Waals surface area contributed by atoms with Crippen molar-refractivity contribution >= 4 is 0 Å². The van der Waals surface area contributed by atoms with E-state index in [4.69, 9.17) is 0 Å². The van der Waals surface area contributed by atoms with E-state index >= 15 is 0 Å². The Hall–Kier alpha value is -2.74. The highest BCUT2D eigenvalue weighted by molar-refractivity contribution is 5.83. The SMILES string of the molecule is Cc1cc(-c2ccc(C(C)C)c(-c3ccc(O)c(C)c3)c2C(C)C)ccc1O. The first-order valence-corrected chi connectivity index (χ1v) is 9.97. The summed E-state index contributed by atoms with van der Waals surface area (Å²) in [6, 6.07) is 16.1. The van der Waals surface area contributed by atoms with E-state index in [9.17, 15) is 10.2 Å². The molecule has 28 heavy (non-hydrogen) atoms. The normalized spacial score (nSPS) is 11.4. The highest BCUT2D eigenvalue weighted by Crippen LogP contribution is 2.43. The molecule has 3 rings (SSSR count). The average molecular weight is 375 g/mol. The van der Waals surface area contributed by atoms with Gasteiger partial charge < -0.3 is 10.2 Å². The summed E-state index contributed by atoms with van der Waals surface area (Å²) >= 11 is 0. The molecule has 0 saturated heterocycles. The quantitative estimate of drug-likeness (QED) is 0.503. The van der Waals surface area contributed by atoms with E-state index in [1.165, 1.54) is 22.3 Å². The number of aryl methyl sites for hydroxylation is 2. The van der Waals surface area contributed by atoms with Gasteiger partial charge >= 0.3 is 0 Å². The fourth-order valence-corrected chi connectivity index (χ4v) is 3.93. The number of aromatic hydroxyl groups is 2. The number of phenols is 2. The number of benzene rings is 3. The highest BCUT2D eigenvalue weighted by atomic mass is 16.3. The Morgan fingerprint density at radius 3 is 1.68 bits per heavy atom. The second-order valence-corrected chi connectivity index (χ2v) is 8.30. The summed E-state index contributed by atoms with van der Waals surface area (Å²) in [5.41, 5.74) is 9.09. The minimum absolute atomic E-state index is 0.322. The molecule has 0 aliphatic heterocycles. The van der Waals surface area contributed by atoms with Gasteiger partial charge in [0.05, 0.1) is 0 Å². The Bertz CT molecular complexity index is 1010. The highest BCUT2D eigenvalue weighted by Gasteiger charge is 2.21. The lowest BCUT2D eigenvalue weighted by Gasteiger charge is -2.24. The zero-order valence-corrected chi connectivity index (χ0v) is 17.7. The van der Waals surface area contributed by atoms with Crippen LogP contribution in [0.1, 0.15) is 61.8 Å². The summed E-state index contributed by atoms with van der Waals surface area (Å²) in [5.74, 6) is 1.36. The van der Waals surface area contributed by atoms with Crippen LogP contribution in [0.2, 0.25) is 0 Å². The maximum atomic E-state index is 10.0. The molecule has 0 radical (unpaired) electrons. The molecule has 0 heterocycles. The van der Waals surface area contributed by atoms with Gasteiger partial charge in [-0.3, -0.25) is 0 Å². The molecule has 2 N–H and O–H groups in total. The van der Waals surface area contributed by atoms with Crippen molar-refractivity contribution in [2.24, 2.45) is 0 Å². The second kappa shape index (κ2) is 7.71. The van der Waals surface area contributed by atoms with Gasteiger partial charge in [0.2, 0.25) is 0 Å². The van der Waals surface area contributed by atoms with Crippen LogP contribution in [0.4, 0.5) is 0 Å². The molecule has 0 aliphatic carbocycles. The summed E-state index contributed by atoms with van der Waals surface area (Å²) in [6.07, 6.45) is 0. The number of hydrogen-bond acceptors (Lipinski definition) is 2. The van der Waals surface area contributed by atoms with Crippen molar-refractivity contribution in [1.29, 1.82) is 0 Å². The fraction of sp³-hybridized carbons (Fsp3) is 0.308. The molecule has 0 fully saturated rings. The van der Waals surface area contributed by atoms with Gasteiger partial charge in [-0.25, -0.2) is 0 Å². The van der Waals surface area contributed by atoms with Crippen molar-refractivity contribution in [2.45, 2.75) is 53.4 Å². The Morgan fingerprint density at radius 1 is 0.643 bits per heavy atom. The van der Waals surface area contributed by atoms with Crippen molar-refractivity contribution < 1.29 is 10.2 Å². The minimum Gasteiger partial charge on any atom is -0.508 e. The molecule has 0 aromatic heterocycles. The van der Waals surface area contributed by atoms with E-state index < -0.39 is 0 Å². The lowest BCUT2D eigenvalue weighted by Crippen LogP contribution is -2.03. The van der Waals surface area contributed by atoms with E-state index in [1.807, 2.05) is 26.0 Å². The van der Waals surface area contributed by atoms with E-state index in [0.717, 1.165) is 22.3 Å². The van der Waals surface area contributed by atoms with Crippen LogP contribution in [-0.2, 0) is 0 Å². The summed E-state index contributed by atoms with van der Waals surface area (Å²) in [6.45, 7) is 12.8. The van der Waals surface area contributed by atoms with E-state index in [2.05, 4.69) is 52.0 Å². The summed E-state index contributed by atoms with van der Waals surface area (Å²) in [7, 11) is 0. The molecule has 0 saturated carbocycles. The fourth-order valence-electron chi connectivity index (χ4n) is 3.93. The number of rotatable bonds is 4. The van der Waals surface area contributed by atoms with Gasteiger partial charge in [0.1, 0.15) is 11.5 Å². The third-order valence-corrected chi connectivity index (χ3v) is 5.47. The maximum Gasteiger partial charge on any atom is 0.118 e.